The largest absolute Gasteiger partial charge is 0.463 e. The summed E-state index contributed by atoms with van der Waals surface area (Å²) in [5.41, 5.74) is 0.559. The summed E-state index contributed by atoms with van der Waals surface area (Å²) in [5.74, 6) is 4.83. The fourth-order valence-electron chi connectivity index (χ4n) is 2.96. The van der Waals surface area contributed by atoms with Gasteiger partial charge in [0.2, 0.25) is 0 Å². The van der Waals surface area contributed by atoms with E-state index in [2.05, 4.69) is 9.97 Å². The highest BCUT2D eigenvalue weighted by atomic mass is 16.6. The first-order valence-electron chi connectivity index (χ1n) is 10.6. The number of esters is 1. The van der Waals surface area contributed by atoms with Crippen LogP contribution in [0.2, 0.25) is 0 Å². The summed E-state index contributed by atoms with van der Waals surface area (Å²) in [4.78, 5) is 44.4. The van der Waals surface area contributed by atoms with E-state index in [0.717, 1.165) is 5.56 Å². The van der Waals surface area contributed by atoms with Gasteiger partial charge in [-0.1, -0.05) is 44.2 Å². The number of benzene rings is 1. The zero-order chi connectivity index (χ0) is 23.8. The lowest BCUT2D eigenvalue weighted by Crippen LogP contribution is -2.34. The van der Waals surface area contributed by atoms with Crippen molar-refractivity contribution in [3.63, 3.8) is 0 Å². The molecule has 1 atom stereocenters. The van der Waals surface area contributed by atoms with Crippen molar-refractivity contribution in [1.29, 1.82) is 0 Å². The van der Waals surface area contributed by atoms with Crippen LogP contribution >= 0.6 is 0 Å². The van der Waals surface area contributed by atoms with Crippen molar-refractivity contribution in [2.24, 2.45) is 0 Å². The van der Waals surface area contributed by atoms with Gasteiger partial charge in [-0.25, -0.2) is 14.6 Å². The number of imidazole rings is 1. The standard InChI is InChI=1S/C22H27N5O6/c1-3-17(28)20-25-21-19(22(30)27(20)23)24-13-26(21)14-33-16(12-32-18(29)4-2)11-31-10-15-8-6-5-7-9-15/h5-9,13,16H,3-4,10-12,14,23H2,1-2H3. The fraction of sp³-hybridized carbons (Fsp3) is 0.409. The molecule has 0 aliphatic rings. The first-order chi connectivity index (χ1) is 15.9. The van der Waals surface area contributed by atoms with Crippen LogP contribution in [0, 0.1) is 0 Å². The molecule has 176 valence electrons. The zero-order valence-electron chi connectivity index (χ0n) is 18.6. The molecule has 33 heavy (non-hydrogen) atoms. The molecule has 0 saturated carbocycles. The van der Waals surface area contributed by atoms with Crippen LogP contribution in [0.25, 0.3) is 11.2 Å². The molecule has 1 unspecified atom stereocenters. The maximum absolute atomic E-state index is 12.5. The summed E-state index contributed by atoms with van der Waals surface area (Å²) in [7, 11) is 0. The minimum atomic E-state index is -0.629. The van der Waals surface area contributed by atoms with E-state index >= 15 is 0 Å². The molecule has 2 aromatic heterocycles. The molecule has 0 amide bonds. The third-order valence-corrected chi connectivity index (χ3v) is 4.83. The Morgan fingerprint density at radius 2 is 1.88 bits per heavy atom. The van der Waals surface area contributed by atoms with Gasteiger partial charge in [0, 0.05) is 12.8 Å². The number of fused-ring (bicyclic) bond motifs is 1. The van der Waals surface area contributed by atoms with Crippen molar-refractivity contribution in [3.05, 3.63) is 58.4 Å². The molecule has 0 bridgehead atoms. The molecule has 3 aromatic rings. The van der Waals surface area contributed by atoms with E-state index in [0.29, 0.717) is 11.3 Å². The predicted molar refractivity (Wildman–Crippen MR) is 119 cm³/mol. The molecule has 3 rings (SSSR count). The lowest BCUT2D eigenvalue weighted by molar-refractivity contribution is -0.151. The summed E-state index contributed by atoms with van der Waals surface area (Å²) in [6, 6.07) is 9.63. The van der Waals surface area contributed by atoms with Crippen LogP contribution in [-0.4, -0.2) is 50.3 Å². The third kappa shape index (κ3) is 6.02. The van der Waals surface area contributed by atoms with Crippen LogP contribution in [0.3, 0.4) is 0 Å². The molecular weight excluding hydrogens is 430 g/mol. The number of hydrogen-bond acceptors (Lipinski definition) is 9. The smallest absolute Gasteiger partial charge is 0.305 e. The lowest BCUT2D eigenvalue weighted by Gasteiger charge is -2.18. The van der Waals surface area contributed by atoms with Gasteiger partial charge in [-0.05, 0) is 5.56 Å². The van der Waals surface area contributed by atoms with Crippen LogP contribution in [0.1, 0.15) is 42.9 Å². The SMILES string of the molecule is CCC(=O)OCC(COCc1ccccc1)OCn1cnc2c(=O)n(N)c(C(=O)CC)nc21. The summed E-state index contributed by atoms with van der Waals surface area (Å²) in [5, 5.41) is 0. The first kappa shape index (κ1) is 24.1. The summed E-state index contributed by atoms with van der Waals surface area (Å²) < 4.78 is 19.0. The van der Waals surface area contributed by atoms with Crippen LogP contribution in [-0.2, 0) is 32.3 Å². The van der Waals surface area contributed by atoms with Crippen LogP contribution in [0.15, 0.2) is 41.5 Å². The molecule has 2 heterocycles. The Balaban J connectivity index is 1.72. The fourth-order valence-corrected chi connectivity index (χ4v) is 2.96. The topological polar surface area (TPSA) is 141 Å². The van der Waals surface area contributed by atoms with Gasteiger partial charge >= 0.3 is 5.97 Å². The Bertz CT molecular complexity index is 1160. The second-order valence-corrected chi connectivity index (χ2v) is 7.23. The molecule has 11 heteroatoms. The second kappa shape index (κ2) is 11.3. The van der Waals surface area contributed by atoms with Gasteiger partial charge in [0.05, 0.1) is 19.5 Å². The zero-order valence-corrected chi connectivity index (χ0v) is 18.6. The van der Waals surface area contributed by atoms with E-state index in [9.17, 15) is 14.4 Å². The number of aromatic nitrogens is 4. The third-order valence-electron chi connectivity index (χ3n) is 4.83. The Morgan fingerprint density at radius 1 is 1.12 bits per heavy atom. The molecular formula is C22H27N5O6. The minimum Gasteiger partial charge on any atom is -0.463 e. The maximum Gasteiger partial charge on any atom is 0.305 e. The van der Waals surface area contributed by atoms with Gasteiger partial charge in [-0.2, -0.15) is 0 Å². The van der Waals surface area contributed by atoms with Crippen molar-refractivity contribution in [2.75, 3.05) is 19.1 Å². The number of nitrogen functional groups attached to an aromatic ring is 1. The van der Waals surface area contributed by atoms with Crippen LogP contribution in [0.4, 0.5) is 0 Å². The molecule has 2 N–H and O–H groups in total. The predicted octanol–water partition coefficient (Wildman–Crippen LogP) is 1.41. The molecule has 0 aliphatic carbocycles. The Hall–Kier alpha value is -3.57. The summed E-state index contributed by atoms with van der Waals surface area (Å²) in [6.07, 6.45) is 1.18. The number of ketones is 1. The minimum absolute atomic E-state index is 0.00328. The highest BCUT2D eigenvalue weighted by Crippen LogP contribution is 2.10. The van der Waals surface area contributed by atoms with Gasteiger partial charge in [-0.3, -0.25) is 19.0 Å². The van der Waals surface area contributed by atoms with E-state index in [-0.39, 0.29) is 61.5 Å². The van der Waals surface area contributed by atoms with Crippen LogP contribution < -0.4 is 11.4 Å². The van der Waals surface area contributed by atoms with Crippen molar-refractivity contribution in [2.45, 2.75) is 46.1 Å². The van der Waals surface area contributed by atoms with E-state index in [4.69, 9.17) is 20.1 Å². The Morgan fingerprint density at radius 3 is 2.58 bits per heavy atom. The number of carbonyl (C=O) groups excluding carboxylic acids is 2. The van der Waals surface area contributed by atoms with Crippen LogP contribution in [0.5, 0.6) is 0 Å². The first-order valence-corrected chi connectivity index (χ1v) is 10.6. The number of Topliss-reactive ketones (excluding diaryl/α,β-unsaturated/α-hetero) is 1. The molecule has 0 fully saturated rings. The molecule has 0 saturated heterocycles. The van der Waals surface area contributed by atoms with Crippen molar-refractivity contribution in [3.8, 4) is 0 Å². The van der Waals surface area contributed by atoms with E-state index in [1.165, 1.54) is 10.9 Å². The highest BCUT2D eigenvalue weighted by molar-refractivity contribution is 5.93. The second-order valence-electron chi connectivity index (χ2n) is 7.23. The molecule has 0 aliphatic heterocycles. The van der Waals surface area contributed by atoms with Gasteiger partial charge < -0.3 is 20.1 Å². The number of hydrogen-bond donors (Lipinski definition) is 1. The van der Waals surface area contributed by atoms with Gasteiger partial charge in [0.15, 0.2) is 22.8 Å². The average Bonchev–Trinajstić information content (AvgIpc) is 3.25. The normalized spacial score (nSPS) is 12.1. The number of rotatable bonds is 12. The molecule has 1 aromatic carbocycles. The number of ether oxygens (including phenoxy) is 3. The number of carbonyl (C=O) groups is 2. The summed E-state index contributed by atoms with van der Waals surface area (Å²) >= 11 is 0. The number of nitrogens with two attached hydrogens (primary N) is 1. The van der Waals surface area contributed by atoms with E-state index in [1.54, 1.807) is 13.8 Å². The van der Waals surface area contributed by atoms with Crippen molar-refractivity contribution >= 4 is 22.9 Å². The quantitative estimate of drug-likeness (QED) is 0.243. The summed E-state index contributed by atoms with van der Waals surface area (Å²) in [6.45, 7) is 3.83. The van der Waals surface area contributed by atoms with Crippen molar-refractivity contribution in [1.82, 2.24) is 19.2 Å². The Kier molecular flexibility index (Phi) is 8.28. The number of nitrogens with zero attached hydrogens (tertiary/aromatic N) is 4. The van der Waals surface area contributed by atoms with Crippen molar-refractivity contribution < 1.29 is 23.8 Å². The monoisotopic (exact) mass is 457 g/mol. The van der Waals surface area contributed by atoms with E-state index in [1.807, 2.05) is 30.3 Å². The van der Waals surface area contributed by atoms with Gasteiger partial charge in [-0.15, -0.1) is 0 Å². The lowest BCUT2D eigenvalue weighted by atomic mass is 10.2. The molecule has 0 radical (unpaired) electrons. The molecule has 11 nitrogen and oxygen atoms in total. The average molecular weight is 457 g/mol. The maximum atomic E-state index is 12.5. The van der Waals surface area contributed by atoms with Gasteiger partial charge in [0.25, 0.3) is 5.56 Å². The van der Waals surface area contributed by atoms with E-state index < -0.39 is 11.7 Å². The molecule has 0 spiro atoms. The van der Waals surface area contributed by atoms with Gasteiger partial charge in [0.1, 0.15) is 19.4 Å². The highest BCUT2D eigenvalue weighted by Gasteiger charge is 2.19. The Labute approximate surface area is 190 Å².